The van der Waals surface area contributed by atoms with Gasteiger partial charge in [-0.1, -0.05) is 13.8 Å². The summed E-state index contributed by atoms with van der Waals surface area (Å²) in [5.41, 5.74) is 3.12. The topological polar surface area (TPSA) is 101 Å². The molecule has 2 aromatic heterocycles. The number of anilines is 3. The maximum absolute atomic E-state index is 11.9. The van der Waals surface area contributed by atoms with Crippen LogP contribution >= 0.6 is 0 Å². The molecule has 0 saturated carbocycles. The van der Waals surface area contributed by atoms with Crippen LogP contribution in [-0.2, 0) is 16.3 Å². The second-order valence-electron chi connectivity index (χ2n) is 9.45. The molecule has 1 saturated heterocycles. The highest BCUT2D eigenvalue weighted by Crippen LogP contribution is 2.35. The van der Waals surface area contributed by atoms with Crippen molar-refractivity contribution in [3.05, 3.63) is 54.1 Å². The Labute approximate surface area is 206 Å². The summed E-state index contributed by atoms with van der Waals surface area (Å²) in [6.07, 6.45) is 9.12. The Balaban J connectivity index is 1.23. The highest BCUT2D eigenvalue weighted by atomic mass is 32.2. The summed E-state index contributed by atoms with van der Waals surface area (Å²) in [4.78, 5) is 22.5. The molecule has 0 spiro atoms. The lowest BCUT2D eigenvalue weighted by Crippen LogP contribution is -2.39. The second-order valence-corrected chi connectivity index (χ2v) is 11.5. The van der Waals surface area contributed by atoms with Crippen molar-refractivity contribution in [2.24, 2.45) is 0 Å². The molecule has 0 radical (unpaired) electrons. The van der Waals surface area contributed by atoms with Gasteiger partial charge in [0.1, 0.15) is 18.2 Å². The fourth-order valence-corrected chi connectivity index (χ4v) is 5.20. The monoisotopic (exact) mass is 494 g/mol. The number of benzene rings is 1. The zero-order valence-corrected chi connectivity index (χ0v) is 21.1. The Hall–Kier alpha value is -3.27. The summed E-state index contributed by atoms with van der Waals surface area (Å²) in [6.45, 7) is 6.65. The van der Waals surface area contributed by atoms with E-state index in [4.69, 9.17) is 4.74 Å². The van der Waals surface area contributed by atoms with Crippen LogP contribution in [0, 0.1) is 0 Å². The number of hydrogen-bond donors (Lipinski definition) is 0. The summed E-state index contributed by atoms with van der Waals surface area (Å²) in [5.74, 6) is 2.48. The number of hydrogen-bond acceptors (Lipinski definition) is 9. The minimum absolute atomic E-state index is 0.0621. The molecule has 3 aromatic rings. The Morgan fingerprint density at radius 1 is 1.00 bits per heavy atom. The molecule has 0 atom stereocenters. The van der Waals surface area contributed by atoms with Crippen LogP contribution in [-0.4, -0.2) is 60.3 Å². The molecular weight excluding hydrogens is 464 g/mol. The van der Waals surface area contributed by atoms with Gasteiger partial charge in [-0.3, -0.25) is 0 Å². The number of sulfone groups is 1. The van der Waals surface area contributed by atoms with Gasteiger partial charge < -0.3 is 14.5 Å². The SMILES string of the molecule is CC(C)c1cnc(N2CCC(Oc3cc(N4CCc5cc(S(C)(=O)=O)ccc54)ncn3)CC2)nc1. The lowest BCUT2D eigenvalue weighted by Gasteiger charge is -2.32. The predicted molar refractivity (Wildman–Crippen MR) is 134 cm³/mol. The third-order valence-electron chi connectivity index (χ3n) is 6.62. The van der Waals surface area contributed by atoms with Gasteiger partial charge in [0, 0.05) is 62.9 Å². The maximum Gasteiger partial charge on any atom is 0.225 e. The van der Waals surface area contributed by atoms with Crippen molar-refractivity contribution in [2.75, 3.05) is 35.7 Å². The van der Waals surface area contributed by atoms with Crippen molar-refractivity contribution in [1.29, 1.82) is 0 Å². The van der Waals surface area contributed by atoms with E-state index < -0.39 is 9.84 Å². The zero-order chi connectivity index (χ0) is 24.6. The molecule has 0 aliphatic carbocycles. The van der Waals surface area contributed by atoms with Crippen molar-refractivity contribution >= 4 is 27.3 Å². The Kier molecular flexibility index (Phi) is 6.31. The van der Waals surface area contributed by atoms with Gasteiger partial charge in [-0.2, -0.15) is 0 Å². The first-order valence-corrected chi connectivity index (χ1v) is 13.8. The van der Waals surface area contributed by atoms with Gasteiger partial charge >= 0.3 is 0 Å². The summed E-state index contributed by atoms with van der Waals surface area (Å²) in [5, 5.41) is 0. The molecule has 4 heterocycles. The quantitative estimate of drug-likeness (QED) is 0.509. The van der Waals surface area contributed by atoms with Gasteiger partial charge in [-0.15, -0.1) is 0 Å². The van der Waals surface area contributed by atoms with Crippen LogP contribution in [0.1, 0.15) is 43.7 Å². The molecule has 10 heteroatoms. The Morgan fingerprint density at radius 3 is 2.43 bits per heavy atom. The number of rotatable bonds is 6. The van der Waals surface area contributed by atoms with E-state index in [1.807, 2.05) is 24.5 Å². The van der Waals surface area contributed by atoms with Crippen LogP contribution in [0.3, 0.4) is 0 Å². The first-order chi connectivity index (χ1) is 16.8. The second kappa shape index (κ2) is 9.41. The van der Waals surface area contributed by atoms with Gasteiger partial charge in [0.05, 0.1) is 4.90 Å². The van der Waals surface area contributed by atoms with Crippen molar-refractivity contribution in [1.82, 2.24) is 19.9 Å². The molecule has 2 aliphatic heterocycles. The molecule has 0 amide bonds. The highest BCUT2D eigenvalue weighted by molar-refractivity contribution is 7.90. The first kappa shape index (κ1) is 23.5. The third kappa shape index (κ3) is 5.07. The summed E-state index contributed by atoms with van der Waals surface area (Å²) < 4.78 is 30.0. The average molecular weight is 495 g/mol. The number of ether oxygens (including phenoxy) is 1. The first-order valence-electron chi connectivity index (χ1n) is 11.9. The van der Waals surface area contributed by atoms with Crippen LogP contribution in [0.25, 0.3) is 0 Å². The Morgan fingerprint density at radius 2 is 1.74 bits per heavy atom. The Bertz CT molecular complexity index is 1310. The molecule has 5 rings (SSSR count). The summed E-state index contributed by atoms with van der Waals surface area (Å²) in [6, 6.07) is 7.13. The van der Waals surface area contributed by atoms with E-state index in [2.05, 4.69) is 43.6 Å². The van der Waals surface area contributed by atoms with E-state index in [1.165, 1.54) is 12.6 Å². The van der Waals surface area contributed by atoms with Crippen molar-refractivity contribution < 1.29 is 13.2 Å². The van der Waals surface area contributed by atoms with Crippen molar-refractivity contribution in [3.63, 3.8) is 0 Å². The molecule has 2 aliphatic rings. The van der Waals surface area contributed by atoms with Gasteiger partial charge in [-0.25, -0.2) is 28.4 Å². The number of aromatic nitrogens is 4. The van der Waals surface area contributed by atoms with Gasteiger partial charge in [0.2, 0.25) is 11.8 Å². The van der Waals surface area contributed by atoms with E-state index in [-0.39, 0.29) is 6.10 Å². The number of fused-ring (bicyclic) bond motifs is 1. The number of piperidine rings is 1. The van der Waals surface area contributed by atoms with Crippen LogP contribution in [0.4, 0.5) is 17.5 Å². The average Bonchev–Trinajstić information content (AvgIpc) is 3.28. The predicted octanol–water partition coefficient (Wildman–Crippen LogP) is 3.54. The van der Waals surface area contributed by atoms with E-state index in [0.29, 0.717) is 16.7 Å². The number of nitrogens with zero attached hydrogens (tertiary/aromatic N) is 6. The van der Waals surface area contributed by atoms with Crippen LogP contribution in [0.15, 0.2) is 47.9 Å². The molecule has 9 nitrogen and oxygen atoms in total. The van der Waals surface area contributed by atoms with Crippen LogP contribution in [0.2, 0.25) is 0 Å². The molecular formula is C25H30N6O3S. The van der Waals surface area contributed by atoms with Crippen LogP contribution < -0.4 is 14.5 Å². The minimum Gasteiger partial charge on any atom is -0.474 e. The standard InChI is InChI=1S/C25H30N6O3S/c1-17(2)19-14-26-25(27-15-19)30-9-7-20(8-10-30)34-24-13-23(28-16-29-24)31-11-6-18-12-21(35(3,32)33)4-5-22(18)31/h4-5,12-17,20H,6-11H2,1-3H3. The van der Waals surface area contributed by atoms with E-state index in [9.17, 15) is 8.42 Å². The largest absolute Gasteiger partial charge is 0.474 e. The molecule has 35 heavy (non-hydrogen) atoms. The van der Waals surface area contributed by atoms with E-state index >= 15 is 0 Å². The lowest BCUT2D eigenvalue weighted by atomic mass is 10.1. The van der Waals surface area contributed by atoms with Gasteiger partial charge in [0.15, 0.2) is 9.84 Å². The highest BCUT2D eigenvalue weighted by Gasteiger charge is 2.26. The summed E-state index contributed by atoms with van der Waals surface area (Å²) >= 11 is 0. The minimum atomic E-state index is -3.23. The zero-order valence-electron chi connectivity index (χ0n) is 20.3. The van der Waals surface area contributed by atoms with Crippen LogP contribution in [0.5, 0.6) is 5.88 Å². The molecule has 0 bridgehead atoms. The fraction of sp³-hybridized carbons (Fsp3) is 0.440. The fourth-order valence-electron chi connectivity index (χ4n) is 4.53. The molecule has 1 aromatic carbocycles. The molecule has 1 fully saturated rings. The summed E-state index contributed by atoms with van der Waals surface area (Å²) in [7, 11) is -3.23. The molecule has 0 N–H and O–H groups in total. The van der Waals surface area contributed by atoms with E-state index in [1.54, 1.807) is 12.1 Å². The normalized spacial score (nSPS) is 16.6. The van der Waals surface area contributed by atoms with Crippen molar-refractivity contribution in [3.8, 4) is 5.88 Å². The van der Waals surface area contributed by atoms with Crippen molar-refractivity contribution in [2.45, 2.75) is 50.0 Å². The van der Waals surface area contributed by atoms with E-state index in [0.717, 1.165) is 67.5 Å². The third-order valence-corrected chi connectivity index (χ3v) is 7.73. The smallest absolute Gasteiger partial charge is 0.225 e. The lowest BCUT2D eigenvalue weighted by molar-refractivity contribution is 0.163. The molecule has 0 unspecified atom stereocenters. The maximum atomic E-state index is 11.9. The molecule has 184 valence electrons. The van der Waals surface area contributed by atoms with Gasteiger partial charge in [0.25, 0.3) is 0 Å². The van der Waals surface area contributed by atoms with Gasteiger partial charge in [-0.05, 0) is 41.7 Å².